The van der Waals surface area contributed by atoms with E-state index >= 15 is 0 Å². The molecule has 0 atom stereocenters. The number of aryl methyl sites for hydroxylation is 2. The van der Waals surface area contributed by atoms with Crippen molar-refractivity contribution in [3.05, 3.63) is 62.3 Å². The van der Waals surface area contributed by atoms with E-state index < -0.39 is 0 Å². The Balaban J connectivity index is 2.53. The van der Waals surface area contributed by atoms with Gasteiger partial charge in [-0.1, -0.05) is 31.5 Å². The summed E-state index contributed by atoms with van der Waals surface area (Å²) < 4.78 is 1.68. The zero-order chi connectivity index (χ0) is 14.9. The molecule has 0 unspecified atom stereocenters. The predicted octanol–water partition coefficient (Wildman–Crippen LogP) is 3.69. The van der Waals surface area contributed by atoms with Crippen molar-refractivity contribution in [1.29, 1.82) is 0 Å². The van der Waals surface area contributed by atoms with Gasteiger partial charge in [0.1, 0.15) is 0 Å². The zero-order valence-corrected chi connectivity index (χ0v) is 13.0. The summed E-state index contributed by atoms with van der Waals surface area (Å²) in [6, 6.07) is 5.57. The molecule has 20 heavy (non-hydrogen) atoms. The van der Waals surface area contributed by atoms with Crippen LogP contribution in [0.25, 0.3) is 0 Å². The second-order valence-electron chi connectivity index (χ2n) is 5.38. The van der Waals surface area contributed by atoms with E-state index in [9.17, 15) is 4.79 Å². The first-order valence-electron chi connectivity index (χ1n) is 6.72. The summed E-state index contributed by atoms with van der Waals surface area (Å²) in [5.41, 5.74) is 3.51. The summed E-state index contributed by atoms with van der Waals surface area (Å²) in [7, 11) is 0. The van der Waals surface area contributed by atoms with Gasteiger partial charge in [0.2, 0.25) is 0 Å². The number of hydrogen-bond acceptors (Lipinski definition) is 2. The molecule has 0 fully saturated rings. The highest BCUT2D eigenvalue weighted by atomic mass is 35.5. The second kappa shape index (κ2) is 5.80. The van der Waals surface area contributed by atoms with Crippen molar-refractivity contribution < 1.29 is 0 Å². The third-order valence-electron chi connectivity index (χ3n) is 3.32. The minimum atomic E-state index is 0.0154. The van der Waals surface area contributed by atoms with Crippen LogP contribution in [-0.2, 0) is 6.54 Å². The maximum atomic E-state index is 12.1. The van der Waals surface area contributed by atoms with Crippen molar-refractivity contribution in [2.45, 2.75) is 40.2 Å². The topological polar surface area (TPSA) is 34.9 Å². The number of halogens is 1. The molecule has 0 N–H and O–H groups in total. The first kappa shape index (κ1) is 14.8. The molecule has 106 valence electrons. The zero-order valence-electron chi connectivity index (χ0n) is 12.3. The molecular formula is C16H19ClN2O. The van der Waals surface area contributed by atoms with E-state index in [1.165, 1.54) is 0 Å². The Hall–Kier alpha value is -1.61. The number of aromatic nitrogens is 2. The van der Waals surface area contributed by atoms with Crippen LogP contribution in [0.2, 0.25) is 5.02 Å². The van der Waals surface area contributed by atoms with Crippen molar-refractivity contribution in [3.63, 3.8) is 0 Å². The molecule has 0 amide bonds. The van der Waals surface area contributed by atoms with E-state index in [1.807, 2.05) is 32.0 Å². The third kappa shape index (κ3) is 2.93. The minimum absolute atomic E-state index is 0.0154. The van der Waals surface area contributed by atoms with Crippen LogP contribution in [0.4, 0.5) is 0 Å². The fourth-order valence-electron chi connectivity index (χ4n) is 2.38. The third-order valence-corrected chi connectivity index (χ3v) is 3.64. The van der Waals surface area contributed by atoms with Crippen LogP contribution in [0, 0.1) is 13.8 Å². The lowest BCUT2D eigenvalue weighted by atomic mass is 10.0. The summed E-state index contributed by atoms with van der Waals surface area (Å²) in [4.78, 5) is 16.7. The van der Waals surface area contributed by atoms with Gasteiger partial charge in [0.15, 0.2) is 0 Å². The van der Waals surface area contributed by atoms with Crippen LogP contribution >= 0.6 is 11.6 Å². The maximum Gasteiger partial charge on any atom is 0.253 e. The molecule has 2 aromatic heterocycles. The highest BCUT2D eigenvalue weighted by Crippen LogP contribution is 2.27. The van der Waals surface area contributed by atoms with Gasteiger partial charge in [-0.25, -0.2) is 0 Å². The predicted molar refractivity (Wildman–Crippen MR) is 82.6 cm³/mol. The normalized spacial score (nSPS) is 11.1. The van der Waals surface area contributed by atoms with E-state index in [0.717, 1.165) is 27.5 Å². The summed E-state index contributed by atoms with van der Waals surface area (Å²) in [5, 5.41) is 0.725. The van der Waals surface area contributed by atoms with Gasteiger partial charge in [-0.05, 0) is 37.5 Å². The number of pyridine rings is 2. The lowest BCUT2D eigenvalue weighted by molar-refractivity contribution is 0.706. The molecule has 0 spiro atoms. The fourth-order valence-corrected chi connectivity index (χ4v) is 2.86. The second-order valence-corrected chi connectivity index (χ2v) is 5.79. The molecule has 0 bridgehead atoms. The Labute approximate surface area is 124 Å². The molecular weight excluding hydrogens is 272 g/mol. The van der Waals surface area contributed by atoms with Crippen LogP contribution in [0.1, 0.15) is 42.3 Å². The van der Waals surface area contributed by atoms with Crippen LogP contribution in [0.3, 0.4) is 0 Å². The van der Waals surface area contributed by atoms with Gasteiger partial charge >= 0.3 is 0 Å². The minimum Gasteiger partial charge on any atom is -0.309 e. The van der Waals surface area contributed by atoms with Crippen molar-refractivity contribution >= 4 is 11.6 Å². The quantitative estimate of drug-likeness (QED) is 0.864. The van der Waals surface area contributed by atoms with E-state index in [0.29, 0.717) is 6.54 Å². The molecule has 3 nitrogen and oxygen atoms in total. The fraction of sp³-hybridized carbons (Fsp3) is 0.375. The van der Waals surface area contributed by atoms with Gasteiger partial charge in [0.25, 0.3) is 5.56 Å². The van der Waals surface area contributed by atoms with E-state index in [-0.39, 0.29) is 11.5 Å². The highest BCUT2D eigenvalue weighted by molar-refractivity contribution is 6.31. The van der Waals surface area contributed by atoms with E-state index in [4.69, 9.17) is 11.6 Å². The molecule has 2 rings (SSSR count). The first-order valence-corrected chi connectivity index (χ1v) is 7.10. The van der Waals surface area contributed by atoms with Gasteiger partial charge in [-0.15, -0.1) is 0 Å². The average Bonchev–Trinajstić information content (AvgIpc) is 2.33. The molecule has 0 radical (unpaired) electrons. The Morgan fingerprint density at radius 2 is 2.05 bits per heavy atom. The molecule has 0 aliphatic heterocycles. The number of rotatable bonds is 3. The average molecular weight is 291 g/mol. The maximum absolute atomic E-state index is 12.1. The van der Waals surface area contributed by atoms with E-state index in [2.05, 4.69) is 18.8 Å². The number of hydrogen-bond donors (Lipinski definition) is 0. The van der Waals surface area contributed by atoms with Crippen LogP contribution < -0.4 is 5.56 Å². The van der Waals surface area contributed by atoms with Crippen molar-refractivity contribution in [3.8, 4) is 0 Å². The van der Waals surface area contributed by atoms with Gasteiger partial charge < -0.3 is 4.57 Å². The van der Waals surface area contributed by atoms with Crippen molar-refractivity contribution in [1.82, 2.24) is 9.55 Å². The lowest BCUT2D eigenvalue weighted by Gasteiger charge is -2.16. The lowest BCUT2D eigenvalue weighted by Crippen LogP contribution is -2.23. The summed E-state index contributed by atoms with van der Waals surface area (Å²) >= 11 is 6.34. The molecule has 0 saturated carbocycles. The molecule has 4 heteroatoms. The molecule has 0 aliphatic rings. The standard InChI is InChI=1S/C16H19ClN2O/c1-10(2)15-13(17)8-12(4)18-14(15)9-19-7-5-6-11(3)16(19)20/h5-8,10H,9H2,1-4H3. The van der Waals surface area contributed by atoms with Crippen LogP contribution in [0.15, 0.2) is 29.2 Å². The number of nitrogens with zero attached hydrogens (tertiary/aromatic N) is 2. The summed E-state index contributed by atoms with van der Waals surface area (Å²) in [6.07, 6.45) is 1.79. The van der Waals surface area contributed by atoms with Crippen LogP contribution in [-0.4, -0.2) is 9.55 Å². The monoisotopic (exact) mass is 290 g/mol. The molecule has 2 aromatic rings. The van der Waals surface area contributed by atoms with Crippen molar-refractivity contribution in [2.75, 3.05) is 0 Å². The first-order chi connectivity index (χ1) is 9.40. The Bertz CT molecular complexity index is 689. The van der Waals surface area contributed by atoms with Gasteiger partial charge in [0.05, 0.1) is 12.2 Å². The SMILES string of the molecule is Cc1cc(Cl)c(C(C)C)c(Cn2cccc(C)c2=O)n1. The van der Waals surface area contributed by atoms with Crippen molar-refractivity contribution in [2.24, 2.45) is 0 Å². The smallest absolute Gasteiger partial charge is 0.253 e. The van der Waals surface area contributed by atoms with E-state index in [1.54, 1.807) is 10.8 Å². The molecule has 2 heterocycles. The largest absolute Gasteiger partial charge is 0.309 e. The summed E-state index contributed by atoms with van der Waals surface area (Å²) in [6.45, 7) is 8.36. The van der Waals surface area contributed by atoms with Crippen LogP contribution in [0.5, 0.6) is 0 Å². The Kier molecular flexibility index (Phi) is 4.29. The molecule has 0 aromatic carbocycles. The van der Waals surface area contributed by atoms with Gasteiger partial charge in [-0.2, -0.15) is 0 Å². The Morgan fingerprint density at radius 1 is 1.35 bits per heavy atom. The molecule has 0 aliphatic carbocycles. The summed E-state index contributed by atoms with van der Waals surface area (Å²) in [5.74, 6) is 0.270. The van der Waals surface area contributed by atoms with Gasteiger partial charge in [0, 0.05) is 22.5 Å². The Morgan fingerprint density at radius 3 is 2.70 bits per heavy atom. The highest BCUT2D eigenvalue weighted by Gasteiger charge is 2.14. The molecule has 0 saturated heterocycles. The van der Waals surface area contributed by atoms with Gasteiger partial charge in [-0.3, -0.25) is 9.78 Å².